The maximum Gasteiger partial charge on any atom is 0.296 e. The second-order valence-electron chi connectivity index (χ2n) is 12.1. The van der Waals surface area contributed by atoms with E-state index in [4.69, 9.17) is 15.2 Å². The summed E-state index contributed by atoms with van der Waals surface area (Å²) in [5.74, 6) is -4.04. The Hall–Kier alpha value is -6.91. The summed E-state index contributed by atoms with van der Waals surface area (Å²) < 4.78 is 114. The number of carbonyl (C=O) groups is 1. The maximum absolute atomic E-state index is 12.6. The minimum atomic E-state index is -5.23. The van der Waals surface area contributed by atoms with Crippen molar-refractivity contribution in [3.05, 3.63) is 70.0 Å². The number of primary amides is 1. The fraction of sp³-hybridized carbons (Fsp3) is 0.152. The van der Waals surface area contributed by atoms with E-state index >= 15 is 0 Å². The van der Waals surface area contributed by atoms with Gasteiger partial charge in [-0.15, -0.1) is 25.6 Å². The first-order chi connectivity index (χ1) is 27.9. The van der Waals surface area contributed by atoms with E-state index in [0.29, 0.717) is 18.2 Å². The van der Waals surface area contributed by atoms with Crippen LogP contribution in [0.3, 0.4) is 0 Å². The second kappa shape index (κ2) is 16.4. The van der Waals surface area contributed by atoms with E-state index in [1.807, 2.05) is 0 Å². The number of methoxy groups -OCH3 is 2. The zero-order chi connectivity index (χ0) is 44.6. The molecule has 316 valence electrons. The highest BCUT2D eigenvalue weighted by molar-refractivity contribution is 7.86. The highest BCUT2D eigenvalue weighted by atomic mass is 32.2. The predicted octanol–water partition coefficient (Wildman–Crippen LogP) is 5.55. The van der Waals surface area contributed by atoms with Crippen molar-refractivity contribution in [2.45, 2.75) is 35.1 Å². The summed E-state index contributed by atoms with van der Waals surface area (Å²) in [7, 11) is -12.8. The van der Waals surface area contributed by atoms with Crippen LogP contribution in [0.5, 0.6) is 28.9 Å². The van der Waals surface area contributed by atoms with E-state index in [9.17, 15) is 63.8 Å². The van der Waals surface area contributed by atoms with Gasteiger partial charge in [0, 0.05) is 30.3 Å². The number of benzene rings is 4. The minimum absolute atomic E-state index is 0.0733. The number of rotatable bonds is 13. The van der Waals surface area contributed by atoms with Crippen molar-refractivity contribution in [1.82, 2.24) is 4.57 Å². The highest BCUT2D eigenvalue weighted by Gasteiger charge is 2.26. The van der Waals surface area contributed by atoms with Gasteiger partial charge in [-0.3, -0.25) is 27.8 Å². The largest absolute Gasteiger partial charge is 0.507 e. The van der Waals surface area contributed by atoms with Crippen molar-refractivity contribution in [1.29, 1.82) is 0 Å². The fourth-order valence-corrected chi connectivity index (χ4v) is 7.42. The van der Waals surface area contributed by atoms with Crippen LogP contribution in [0, 0.1) is 6.92 Å². The molecule has 1 heterocycles. The van der Waals surface area contributed by atoms with Crippen molar-refractivity contribution < 1.29 is 68.5 Å². The molecule has 0 aliphatic carbocycles. The number of phenolic OH excluding ortho intramolecular Hbond substituents is 2. The lowest BCUT2D eigenvalue weighted by atomic mass is 10.1. The molecule has 0 unspecified atom stereocenters. The summed E-state index contributed by atoms with van der Waals surface area (Å²) in [6, 6.07) is 7.35. The molecule has 60 heavy (non-hydrogen) atoms. The zero-order valence-corrected chi connectivity index (χ0v) is 33.5. The van der Waals surface area contributed by atoms with Crippen molar-refractivity contribution >= 4 is 81.2 Å². The van der Waals surface area contributed by atoms with E-state index in [2.05, 4.69) is 30.7 Å². The van der Waals surface area contributed by atoms with Crippen molar-refractivity contribution in [3.63, 3.8) is 0 Å². The fourth-order valence-electron chi connectivity index (χ4n) is 5.58. The molecule has 0 saturated heterocycles. The average Bonchev–Trinajstić information content (AvgIpc) is 3.15. The Labute approximate surface area is 337 Å². The Morgan fingerprint density at radius 3 is 1.78 bits per heavy atom. The number of aromatic nitrogens is 1. The molecule has 1 aromatic heterocycles. The number of fused-ring (bicyclic) bond motifs is 1. The van der Waals surface area contributed by atoms with Gasteiger partial charge in [0.15, 0.2) is 5.75 Å². The number of azo groups is 3. The maximum atomic E-state index is 12.6. The number of aromatic hydroxyl groups is 3. The second-order valence-corrected chi connectivity index (χ2v) is 16.3. The normalized spacial score (nSPS) is 12.6. The molecule has 1 amide bonds. The standard InChI is InChI=1S/C33H30N8O16S3/c1-5-41-32(45)26(31(34)44)14(2)28(33(41)46)39-35-16-6-7-18(24(10-16)59(50,51)52)36-37-19-12-23(57-4)20(13-22(19)56-3)38-40-29-25(60(53,54)55)9-15-8-17(58(47,48)49)11-21(42)27(15)30(29)43/h6-13,42-43,46H,5H2,1-4H3,(H2,34,44)(H,47,48,49)(H,50,51,52)(H,53,54,55)/b37-36+,39-35+,40-38+. The van der Waals surface area contributed by atoms with Gasteiger partial charge >= 0.3 is 0 Å². The number of carbonyl (C=O) groups excluding carboxylic acids is 1. The predicted molar refractivity (Wildman–Crippen MR) is 207 cm³/mol. The van der Waals surface area contributed by atoms with E-state index in [0.717, 1.165) is 28.8 Å². The Morgan fingerprint density at radius 1 is 0.717 bits per heavy atom. The lowest BCUT2D eigenvalue weighted by Crippen LogP contribution is -2.30. The van der Waals surface area contributed by atoms with Crippen molar-refractivity contribution in [3.8, 4) is 28.9 Å². The molecule has 0 atom stereocenters. The molecule has 0 radical (unpaired) electrons. The molecule has 8 N–H and O–H groups in total. The van der Waals surface area contributed by atoms with E-state index in [-0.39, 0.29) is 46.4 Å². The van der Waals surface area contributed by atoms with Gasteiger partial charge in [0.25, 0.3) is 41.8 Å². The minimum Gasteiger partial charge on any atom is -0.507 e. The van der Waals surface area contributed by atoms with E-state index < -0.39 is 102 Å². The Balaban J connectivity index is 1.56. The first kappa shape index (κ1) is 44.2. The van der Waals surface area contributed by atoms with Gasteiger partial charge in [-0.05, 0) is 49.6 Å². The van der Waals surface area contributed by atoms with Crippen LogP contribution in [0.4, 0.5) is 34.1 Å². The van der Waals surface area contributed by atoms with Crippen LogP contribution < -0.4 is 20.8 Å². The van der Waals surface area contributed by atoms with Crippen LogP contribution in [0.1, 0.15) is 22.8 Å². The highest BCUT2D eigenvalue weighted by Crippen LogP contribution is 2.47. The smallest absolute Gasteiger partial charge is 0.296 e. The molecule has 27 heteroatoms. The summed E-state index contributed by atoms with van der Waals surface area (Å²) in [6.07, 6.45) is 0. The lowest BCUT2D eigenvalue weighted by Gasteiger charge is -2.12. The van der Waals surface area contributed by atoms with Gasteiger partial charge in [0.2, 0.25) is 5.88 Å². The molecule has 0 saturated carbocycles. The van der Waals surface area contributed by atoms with Crippen LogP contribution in [0.2, 0.25) is 0 Å². The number of pyridine rings is 1. The summed E-state index contributed by atoms with van der Waals surface area (Å²) in [5, 5.41) is 54.4. The third-order valence-electron chi connectivity index (χ3n) is 8.39. The van der Waals surface area contributed by atoms with Gasteiger partial charge in [0.1, 0.15) is 61.0 Å². The number of ether oxygens (including phenoxy) is 2. The van der Waals surface area contributed by atoms with Crippen molar-refractivity contribution in [2.24, 2.45) is 36.4 Å². The molecule has 0 aliphatic heterocycles. The molecule has 0 aliphatic rings. The number of phenols is 2. The third-order valence-corrected chi connectivity index (χ3v) is 11.0. The molecule has 0 bridgehead atoms. The Morgan fingerprint density at radius 2 is 1.27 bits per heavy atom. The first-order valence-electron chi connectivity index (χ1n) is 16.3. The van der Waals surface area contributed by atoms with Crippen LogP contribution in [0.25, 0.3) is 10.8 Å². The summed E-state index contributed by atoms with van der Waals surface area (Å²) in [5.41, 5.74) is 1.65. The summed E-state index contributed by atoms with van der Waals surface area (Å²) >= 11 is 0. The number of hydrogen-bond donors (Lipinski definition) is 7. The molecular formula is C33H30N8O16S3. The zero-order valence-electron chi connectivity index (χ0n) is 31.0. The third kappa shape index (κ3) is 8.74. The Bertz CT molecular complexity index is 3130. The van der Waals surface area contributed by atoms with Crippen LogP contribution in [-0.2, 0) is 36.9 Å². The monoisotopic (exact) mass is 890 g/mol. The molecule has 4 aromatic carbocycles. The number of nitrogens with two attached hydrogens (primary N) is 1. The lowest BCUT2D eigenvalue weighted by molar-refractivity contribution is 0.0997. The molecule has 5 aromatic rings. The molecule has 0 spiro atoms. The van der Waals surface area contributed by atoms with Gasteiger partial charge in [-0.2, -0.15) is 30.4 Å². The van der Waals surface area contributed by atoms with E-state index in [1.54, 1.807) is 0 Å². The van der Waals surface area contributed by atoms with Gasteiger partial charge in [0.05, 0.1) is 30.2 Å². The quantitative estimate of drug-likeness (QED) is 0.0562. The summed E-state index contributed by atoms with van der Waals surface area (Å²) in [4.78, 5) is 21.8. The number of hydrogen-bond acceptors (Lipinski definition) is 19. The van der Waals surface area contributed by atoms with E-state index in [1.165, 1.54) is 34.1 Å². The molecular weight excluding hydrogens is 861 g/mol. The molecule has 5 rings (SSSR count). The topological polar surface area (TPSA) is 382 Å². The Kier molecular flexibility index (Phi) is 12.1. The SMILES string of the molecule is CCn1c(O)c(/N=N/c2ccc(/N=N/c3cc(OC)c(/N=N/c4c(S(=O)(=O)O)cc5cc(S(=O)(=O)O)cc(O)c5c4O)cc3OC)c(S(=O)(=O)O)c2)c(C)c(C(N)=O)c1=O. The first-order valence-corrected chi connectivity index (χ1v) is 20.6. The molecule has 24 nitrogen and oxygen atoms in total. The van der Waals surface area contributed by atoms with Gasteiger partial charge < -0.3 is 30.5 Å². The van der Waals surface area contributed by atoms with Crippen LogP contribution in [-0.4, -0.2) is 78.9 Å². The number of amides is 1. The van der Waals surface area contributed by atoms with Gasteiger partial charge in [-0.1, -0.05) is 0 Å². The summed E-state index contributed by atoms with van der Waals surface area (Å²) in [6.45, 7) is 2.72. The van der Waals surface area contributed by atoms with Gasteiger partial charge in [-0.25, -0.2) is 0 Å². The number of nitrogens with zero attached hydrogens (tertiary/aromatic N) is 7. The van der Waals surface area contributed by atoms with Crippen LogP contribution >= 0.6 is 0 Å². The molecule has 0 fully saturated rings. The van der Waals surface area contributed by atoms with Crippen LogP contribution in [0.15, 0.2) is 98.7 Å². The van der Waals surface area contributed by atoms with Crippen molar-refractivity contribution in [2.75, 3.05) is 14.2 Å². The average molecular weight is 891 g/mol.